The summed E-state index contributed by atoms with van der Waals surface area (Å²) in [5.41, 5.74) is 7.73. The molecular weight excluding hydrogens is 196 g/mol. The van der Waals surface area contributed by atoms with Gasteiger partial charge in [-0.1, -0.05) is 0 Å². The van der Waals surface area contributed by atoms with Crippen molar-refractivity contribution >= 4 is 5.91 Å². The number of amides is 1. The average molecular weight is 216 g/mol. The largest absolute Gasteiger partial charge is 0.350 e. The molecule has 1 aliphatic heterocycles. The summed E-state index contributed by atoms with van der Waals surface area (Å²) in [6.07, 6.45) is 4.88. The molecule has 0 aromatic heterocycles. The molecule has 1 saturated heterocycles. The zero-order valence-electron chi connectivity index (χ0n) is 9.04. The van der Waals surface area contributed by atoms with Crippen LogP contribution in [0.15, 0.2) is 0 Å². The van der Waals surface area contributed by atoms with E-state index in [0.29, 0.717) is 19.6 Å². The van der Waals surface area contributed by atoms with E-state index >= 15 is 0 Å². The Labute approximate surface area is 90.3 Å². The number of ether oxygens (including phenoxy) is 1. The third-order valence-corrected chi connectivity index (χ3v) is 2.30. The van der Waals surface area contributed by atoms with Gasteiger partial charge in [0.05, 0.1) is 0 Å². The third kappa shape index (κ3) is 5.71. The predicted molar refractivity (Wildman–Crippen MR) is 55.7 cm³/mol. The molecule has 0 bridgehead atoms. The summed E-state index contributed by atoms with van der Waals surface area (Å²) >= 11 is 0. The van der Waals surface area contributed by atoms with Gasteiger partial charge >= 0.3 is 0 Å². The number of rotatable bonds is 6. The van der Waals surface area contributed by atoms with Crippen LogP contribution in [0.2, 0.25) is 0 Å². The lowest BCUT2D eigenvalue weighted by molar-refractivity contribution is -0.200. The second kappa shape index (κ2) is 7.62. The Hall–Kier alpha value is -0.650. The van der Waals surface area contributed by atoms with E-state index in [1.54, 1.807) is 0 Å². The average Bonchev–Trinajstić information content (AvgIpc) is 2.28. The zero-order chi connectivity index (χ0) is 10.9. The molecule has 1 fully saturated rings. The minimum absolute atomic E-state index is 0.0994. The highest BCUT2D eigenvalue weighted by Gasteiger charge is 2.15. The number of nitrogens with one attached hydrogen (secondary N) is 1. The van der Waals surface area contributed by atoms with Gasteiger partial charge in [-0.2, -0.15) is 0 Å². The molecule has 0 radical (unpaired) electrons. The van der Waals surface area contributed by atoms with Gasteiger partial charge in [0.2, 0.25) is 5.91 Å². The quantitative estimate of drug-likeness (QED) is 0.506. The number of carbonyl (C=O) groups excluding carboxylic acids is 1. The minimum atomic E-state index is -0.266. The Morgan fingerprint density at radius 2 is 2.33 bits per heavy atom. The van der Waals surface area contributed by atoms with E-state index < -0.39 is 0 Å². The first-order chi connectivity index (χ1) is 7.33. The fraction of sp³-hybridized carbons (Fsp3) is 0.900. The van der Waals surface area contributed by atoms with Crippen molar-refractivity contribution < 1.29 is 14.4 Å². The maximum Gasteiger partial charge on any atom is 0.243 e. The van der Waals surface area contributed by atoms with Crippen molar-refractivity contribution in [3.05, 3.63) is 0 Å². The first kappa shape index (κ1) is 12.4. The van der Waals surface area contributed by atoms with Crippen LogP contribution in [-0.4, -0.2) is 25.3 Å². The van der Waals surface area contributed by atoms with Crippen molar-refractivity contribution in [2.45, 2.75) is 44.8 Å². The van der Waals surface area contributed by atoms with Gasteiger partial charge < -0.3 is 10.5 Å². The second-order valence-electron chi connectivity index (χ2n) is 3.69. The lowest BCUT2D eigenvalue weighted by Crippen LogP contribution is -2.33. The van der Waals surface area contributed by atoms with Gasteiger partial charge in [-0.15, -0.1) is 0 Å². The summed E-state index contributed by atoms with van der Waals surface area (Å²) < 4.78 is 5.30. The highest BCUT2D eigenvalue weighted by Crippen LogP contribution is 2.12. The Balaban J connectivity index is 2.00. The van der Waals surface area contributed by atoms with Crippen LogP contribution in [-0.2, 0) is 14.4 Å². The van der Waals surface area contributed by atoms with Crippen molar-refractivity contribution in [1.29, 1.82) is 0 Å². The molecular formula is C10H20N2O3. The molecule has 0 saturated carbocycles. The first-order valence-electron chi connectivity index (χ1n) is 5.59. The van der Waals surface area contributed by atoms with Gasteiger partial charge in [-0.25, -0.2) is 10.3 Å². The molecule has 1 heterocycles. The predicted octanol–water partition coefficient (Wildman–Crippen LogP) is 0.690. The van der Waals surface area contributed by atoms with Crippen LogP contribution in [0.5, 0.6) is 0 Å². The maximum atomic E-state index is 11.2. The molecule has 0 aromatic rings. The lowest BCUT2D eigenvalue weighted by Gasteiger charge is -2.22. The minimum Gasteiger partial charge on any atom is -0.350 e. The topological polar surface area (TPSA) is 73.6 Å². The van der Waals surface area contributed by atoms with E-state index in [0.717, 1.165) is 32.1 Å². The van der Waals surface area contributed by atoms with Crippen LogP contribution in [0.3, 0.4) is 0 Å². The van der Waals surface area contributed by atoms with Crippen LogP contribution in [0.25, 0.3) is 0 Å². The van der Waals surface area contributed by atoms with E-state index in [-0.39, 0.29) is 12.2 Å². The van der Waals surface area contributed by atoms with Gasteiger partial charge in [0.1, 0.15) is 0 Å². The molecule has 1 rings (SSSR count). The number of nitrogens with two attached hydrogens (primary N) is 1. The van der Waals surface area contributed by atoms with E-state index in [4.69, 9.17) is 15.3 Å². The number of hydroxylamine groups is 1. The first-order valence-corrected chi connectivity index (χ1v) is 5.59. The summed E-state index contributed by atoms with van der Waals surface area (Å²) in [4.78, 5) is 16.4. The molecule has 15 heavy (non-hydrogen) atoms. The Morgan fingerprint density at radius 3 is 3.00 bits per heavy atom. The number of carbonyl (C=O) groups is 1. The SMILES string of the molecule is NCCCCC(=O)NOC1CCCCO1. The molecule has 0 aliphatic carbocycles. The standard InChI is InChI=1S/C10H20N2O3/c11-7-3-1-5-9(13)12-15-10-6-2-4-8-14-10/h10H,1-8,11H2,(H,12,13). The van der Waals surface area contributed by atoms with Crippen molar-refractivity contribution in [2.24, 2.45) is 5.73 Å². The number of unbranched alkanes of at least 4 members (excludes halogenated alkanes) is 1. The van der Waals surface area contributed by atoms with Gasteiger partial charge in [0, 0.05) is 19.4 Å². The van der Waals surface area contributed by atoms with Gasteiger partial charge in [-0.3, -0.25) is 4.79 Å². The summed E-state index contributed by atoms with van der Waals surface area (Å²) in [7, 11) is 0. The maximum absolute atomic E-state index is 11.2. The summed E-state index contributed by atoms with van der Waals surface area (Å²) in [5.74, 6) is -0.0994. The van der Waals surface area contributed by atoms with Crippen LogP contribution >= 0.6 is 0 Å². The summed E-state index contributed by atoms with van der Waals surface area (Å²) in [5, 5.41) is 0. The van der Waals surface area contributed by atoms with Gasteiger partial charge in [-0.05, 0) is 32.2 Å². The van der Waals surface area contributed by atoms with Gasteiger partial charge in [0.25, 0.3) is 0 Å². The molecule has 1 aliphatic rings. The van der Waals surface area contributed by atoms with Crippen LogP contribution < -0.4 is 11.2 Å². The molecule has 0 spiro atoms. The summed E-state index contributed by atoms with van der Waals surface area (Å²) in [6, 6.07) is 0. The van der Waals surface area contributed by atoms with E-state index in [9.17, 15) is 4.79 Å². The highest BCUT2D eigenvalue weighted by atomic mass is 16.8. The Morgan fingerprint density at radius 1 is 1.47 bits per heavy atom. The molecule has 5 nitrogen and oxygen atoms in total. The summed E-state index contributed by atoms with van der Waals surface area (Å²) in [6.45, 7) is 1.34. The molecule has 3 N–H and O–H groups in total. The van der Waals surface area contributed by atoms with E-state index in [2.05, 4.69) is 5.48 Å². The lowest BCUT2D eigenvalue weighted by atomic mass is 10.2. The highest BCUT2D eigenvalue weighted by molar-refractivity contribution is 5.74. The number of hydrogen-bond acceptors (Lipinski definition) is 4. The molecule has 1 unspecified atom stereocenters. The fourth-order valence-electron chi connectivity index (χ4n) is 1.42. The zero-order valence-corrected chi connectivity index (χ0v) is 9.04. The molecule has 5 heteroatoms. The second-order valence-corrected chi connectivity index (χ2v) is 3.69. The van der Waals surface area contributed by atoms with Crippen molar-refractivity contribution in [3.8, 4) is 0 Å². The van der Waals surface area contributed by atoms with E-state index in [1.807, 2.05) is 0 Å². The molecule has 88 valence electrons. The Kier molecular flexibility index (Phi) is 6.31. The normalized spacial score (nSPS) is 21.3. The monoisotopic (exact) mass is 216 g/mol. The molecule has 0 aromatic carbocycles. The Bertz CT molecular complexity index is 182. The van der Waals surface area contributed by atoms with Crippen molar-refractivity contribution in [2.75, 3.05) is 13.2 Å². The van der Waals surface area contributed by atoms with Crippen LogP contribution in [0.1, 0.15) is 38.5 Å². The number of hydrogen-bond donors (Lipinski definition) is 2. The van der Waals surface area contributed by atoms with Crippen molar-refractivity contribution in [1.82, 2.24) is 5.48 Å². The third-order valence-electron chi connectivity index (χ3n) is 2.30. The van der Waals surface area contributed by atoms with Crippen LogP contribution in [0, 0.1) is 0 Å². The smallest absolute Gasteiger partial charge is 0.243 e. The van der Waals surface area contributed by atoms with Crippen LogP contribution in [0.4, 0.5) is 0 Å². The molecule has 1 amide bonds. The van der Waals surface area contributed by atoms with Crippen molar-refractivity contribution in [3.63, 3.8) is 0 Å². The fourth-order valence-corrected chi connectivity index (χ4v) is 1.42. The van der Waals surface area contributed by atoms with Gasteiger partial charge in [0.15, 0.2) is 6.29 Å². The molecule has 1 atom stereocenters. The van der Waals surface area contributed by atoms with E-state index in [1.165, 1.54) is 0 Å².